The van der Waals surface area contributed by atoms with Crippen molar-refractivity contribution in [1.82, 2.24) is 0 Å². The van der Waals surface area contributed by atoms with E-state index < -0.39 is 0 Å². The van der Waals surface area contributed by atoms with Crippen LogP contribution in [0.1, 0.15) is 36.6 Å². The molecule has 3 rings (SSSR count). The number of ether oxygens (including phenoxy) is 1. The highest BCUT2D eigenvalue weighted by Gasteiger charge is 2.33. The minimum absolute atomic E-state index is 0.0791. The first-order chi connectivity index (χ1) is 8.68. The van der Waals surface area contributed by atoms with Crippen molar-refractivity contribution < 1.29 is 4.74 Å². The van der Waals surface area contributed by atoms with Gasteiger partial charge in [0.25, 0.3) is 0 Å². The molecule has 0 spiro atoms. The summed E-state index contributed by atoms with van der Waals surface area (Å²) in [5.41, 5.74) is 4.05. The third kappa shape index (κ3) is 1.85. The number of fused-ring (bicyclic) bond motifs is 1. The summed E-state index contributed by atoms with van der Waals surface area (Å²) in [6.07, 6.45) is 0.0791. The Balaban J connectivity index is 2.11. The average molecular weight is 238 g/mol. The van der Waals surface area contributed by atoms with Gasteiger partial charge in [-0.2, -0.15) is 0 Å². The van der Waals surface area contributed by atoms with Crippen LogP contribution in [0.5, 0.6) is 0 Å². The van der Waals surface area contributed by atoms with Crippen LogP contribution in [-0.2, 0) is 10.2 Å². The molecule has 0 fully saturated rings. The van der Waals surface area contributed by atoms with Gasteiger partial charge in [-0.05, 0) is 16.7 Å². The van der Waals surface area contributed by atoms with Gasteiger partial charge in [-0.1, -0.05) is 68.4 Å². The molecular formula is C17H18O. The molecule has 0 radical (unpaired) electrons. The molecule has 2 aromatic carbocycles. The predicted octanol–water partition coefficient (Wildman–Crippen LogP) is 4.08. The van der Waals surface area contributed by atoms with Gasteiger partial charge in [0.15, 0.2) is 0 Å². The number of benzene rings is 2. The lowest BCUT2D eigenvalue weighted by atomic mass is 9.78. The summed E-state index contributed by atoms with van der Waals surface area (Å²) in [6.45, 7) is 5.25. The fraction of sp³-hybridized carbons (Fsp3) is 0.294. The van der Waals surface area contributed by atoms with E-state index in [1.165, 1.54) is 16.7 Å². The Labute approximate surface area is 108 Å². The first kappa shape index (κ1) is 11.5. The van der Waals surface area contributed by atoms with E-state index in [4.69, 9.17) is 4.74 Å². The van der Waals surface area contributed by atoms with Crippen LogP contribution < -0.4 is 0 Å². The van der Waals surface area contributed by atoms with Crippen molar-refractivity contribution in [3.63, 3.8) is 0 Å². The number of hydrogen-bond acceptors (Lipinski definition) is 1. The van der Waals surface area contributed by atoms with Crippen LogP contribution in [0.2, 0.25) is 0 Å². The Hall–Kier alpha value is -1.60. The van der Waals surface area contributed by atoms with Gasteiger partial charge >= 0.3 is 0 Å². The maximum Gasteiger partial charge on any atom is 0.108 e. The molecule has 1 aliphatic heterocycles. The van der Waals surface area contributed by atoms with Gasteiger partial charge in [-0.15, -0.1) is 0 Å². The second-order valence-electron chi connectivity index (χ2n) is 5.57. The minimum Gasteiger partial charge on any atom is -0.368 e. The SMILES string of the molecule is CC1(C)CO[C@H](c2ccccc2)c2ccccc21. The zero-order valence-electron chi connectivity index (χ0n) is 10.9. The molecule has 1 heterocycles. The average Bonchev–Trinajstić information content (AvgIpc) is 2.40. The number of hydrogen-bond donors (Lipinski definition) is 0. The van der Waals surface area contributed by atoms with Crippen LogP contribution >= 0.6 is 0 Å². The van der Waals surface area contributed by atoms with Crippen LogP contribution in [0, 0.1) is 0 Å². The lowest BCUT2D eigenvalue weighted by Gasteiger charge is -2.37. The Morgan fingerprint density at radius 1 is 0.944 bits per heavy atom. The van der Waals surface area contributed by atoms with Crippen molar-refractivity contribution >= 4 is 0 Å². The van der Waals surface area contributed by atoms with Crippen molar-refractivity contribution in [1.29, 1.82) is 0 Å². The summed E-state index contributed by atoms with van der Waals surface area (Å²) in [6, 6.07) is 19.1. The molecule has 92 valence electrons. The van der Waals surface area contributed by atoms with Gasteiger partial charge in [-0.3, -0.25) is 0 Å². The van der Waals surface area contributed by atoms with Gasteiger partial charge in [0.05, 0.1) is 6.61 Å². The van der Waals surface area contributed by atoms with Gasteiger partial charge in [0.2, 0.25) is 0 Å². The summed E-state index contributed by atoms with van der Waals surface area (Å²) in [5.74, 6) is 0. The summed E-state index contributed by atoms with van der Waals surface area (Å²) in [4.78, 5) is 0. The van der Waals surface area contributed by atoms with Crippen molar-refractivity contribution in [2.75, 3.05) is 6.61 Å². The molecular weight excluding hydrogens is 220 g/mol. The van der Waals surface area contributed by atoms with Gasteiger partial charge < -0.3 is 4.74 Å². The normalized spacial score (nSPS) is 21.3. The molecule has 0 bridgehead atoms. The van der Waals surface area contributed by atoms with E-state index in [2.05, 4.69) is 62.4 Å². The van der Waals surface area contributed by atoms with Crippen molar-refractivity contribution in [2.24, 2.45) is 0 Å². The molecule has 0 aliphatic carbocycles. The highest BCUT2D eigenvalue weighted by molar-refractivity contribution is 5.41. The molecule has 1 heteroatoms. The molecule has 1 atom stereocenters. The molecule has 0 unspecified atom stereocenters. The predicted molar refractivity (Wildman–Crippen MR) is 73.7 cm³/mol. The molecule has 0 aromatic heterocycles. The lowest BCUT2D eigenvalue weighted by Crippen LogP contribution is -2.32. The molecule has 18 heavy (non-hydrogen) atoms. The van der Waals surface area contributed by atoms with E-state index >= 15 is 0 Å². The third-order valence-electron chi connectivity index (χ3n) is 3.69. The Bertz CT molecular complexity index is 543. The van der Waals surface area contributed by atoms with E-state index in [9.17, 15) is 0 Å². The third-order valence-corrected chi connectivity index (χ3v) is 3.69. The maximum absolute atomic E-state index is 6.11. The van der Waals surface area contributed by atoms with Crippen LogP contribution in [0.25, 0.3) is 0 Å². The fourth-order valence-electron chi connectivity index (χ4n) is 2.70. The van der Waals surface area contributed by atoms with E-state index in [0.29, 0.717) is 0 Å². The van der Waals surface area contributed by atoms with Crippen LogP contribution in [0.4, 0.5) is 0 Å². The molecule has 0 saturated heterocycles. The van der Waals surface area contributed by atoms with Crippen molar-refractivity contribution in [2.45, 2.75) is 25.4 Å². The lowest BCUT2D eigenvalue weighted by molar-refractivity contribution is 0.0300. The van der Waals surface area contributed by atoms with Gasteiger partial charge in [0, 0.05) is 5.41 Å². The molecule has 2 aromatic rings. The highest BCUT2D eigenvalue weighted by Crippen LogP contribution is 2.40. The Kier molecular flexibility index (Phi) is 2.71. The van der Waals surface area contributed by atoms with Crippen molar-refractivity contribution in [3.8, 4) is 0 Å². The summed E-state index contributed by atoms with van der Waals surface area (Å²) < 4.78 is 6.11. The highest BCUT2D eigenvalue weighted by atomic mass is 16.5. The van der Waals surface area contributed by atoms with Crippen LogP contribution in [-0.4, -0.2) is 6.61 Å². The largest absolute Gasteiger partial charge is 0.368 e. The molecule has 1 nitrogen and oxygen atoms in total. The molecule has 0 amide bonds. The monoisotopic (exact) mass is 238 g/mol. The second-order valence-corrected chi connectivity index (χ2v) is 5.57. The Morgan fingerprint density at radius 2 is 1.61 bits per heavy atom. The zero-order valence-corrected chi connectivity index (χ0v) is 10.9. The quantitative estimate of drug-likeness (QED) is 0.727. The Morgan fingerprint density at radius 3 is 2.39 bits per heavy atom. The topological polar surface area (TPSA) is 9.23 Å². The smallest absolute Gasteiger partial charge is 0.108 e. The first-order valence-corrected chi connectivity index (χ1v) is 6.44. The summed E-state index contributed by atoms with van der Waals surface area (Å²) in [5, 5.41) is 0. The van der Waals surface area contributed by atoms with Gasteiger partial charge in [0.1, 0.15) is 6.10 Å². The van der Waals surface area contributed by atoms with E-state index in [1.54, 1.807) is 0 Å². The molecule has 1 aliphatic rings. The fourth-order valence-corrected chi connectivity index (χ4v) is 2.70. The van der Waals surface area contributed by atoms with E-state index in [-0.39, 0.29) is 11.5 Å². The van der Waals surface area contributed by atoms with Crippen LogP contribution in [0.15, 0.2) is 54.6 Å². The van der Waals surface area contributed by atoms with Crippen molar-refractivity contribution in [3.05, 3.63) is 71.3 Å². The minimum atomic E-state index is 0.0791. The first-order valence-electron chi connectivity index (χ1n) is 6.44. The number of rotatable bonds is 1. The summed E-state index contributed by atoms with van der Waals surface area (Å²) in [7, 11) is 0. The van der Waals surface area contributed by atoms with Crippen LogP contribution in [0.3, 0.4) is 0 Å². The maximum atomic E-state index is 6.11. The summed E-state index contributed by atoms with van der Waals surface area (Å²) >= 11 is 0. The zero-order chi connectivity index (χ0) is 12.6. The standard InChI is InChI=1S/C17H18O/c1-17(2)12-18-16(13-8-4-3-5-9-13)14-10-6-7-11-15(14)17/h3-11,16H,12H2,1-2H3/t16-/m1/s1. The van der Waals surface area contributed by atoms with E-state index in [0.717, 1.165) is 6.61 Å². The molecule has 0 N–H and O–H groups in total. The van der Waals surface area contributed by atoms with Gasteiger partial charge in [-0.25, -0.2) is 0 Å². The second kappa shape index (κ2) is 4.25. The van der Waals surface area contributed by atoms with E-state index in [1.807, 2.05) is 6.07 Å². The molecule has 0 saturated carbocycles.